The normalized spacial score (nSPS) is 21.2. The van der Waals surface area contributed by atoms with Crippen LogP contribution in [0.1, 0.15) is 33.6 Å². The van der Waals surface area contributed by atoms with Gasteiger partial charge in [0.1, 0.15) is 0 Å². The molecule has 5 nitrogen and oxygen atoms in total. The van der Waals surface area contributed by atoms with Gasteiger partial charge in [-0.3, -0.25) is 9.59 Å². The summed E-state index contributed by atoms with van der Waals surface area (Å²) in [4.78, 5) is 27.1. The van der Waals surface area contributed by atoms with Crippen LogP contribution >= 0.6 is 0 Å². The largest absolute Gasteiger partial charge is 0.371 e. The molecule has 0 aromatic carbocycles. The van der Waals surface area contributed by atoms with E-state index < -0.39 is 0 Å². The maximum atomic E-state index is 12.2. The van der Waals surface area contributed by atoms with Crippen LogP contribution in [0.5, 0.6) is 0 Å². The highest BCUT2D eigenvalue weighted by Crippen LogP contribution is 2.41. The average molecular weight is 254 g/mol. The first-order valence-electron chi connectivity index (χ1n) is 6.62. The quantitative estimate of drug-likeness (QED) is 0.742. The first kappa shape index (κ1) is 13.3. The third-order valence-corrected chi connectivity index (χ3v) is 3.74. The molecule has 0 atom stereocenters. The second-order valence-electron chi connectivity index (χ2n) is 5.59. The molecule has 5 heteroatoms. The average Bonchev–Trinajstić information content (AvgIpc) is 3.04. The van der Waals surface area contributed by atoms with Crippen molar-refractivity contribution in [1.29, 1.82) is 0 Å². The first-order valence-corrected chi connectivity index (χ1v) is 6.62. The summed E-state index contributed by atoms with van der Waals surface area (Å²) in [5.41, 5.74) is -0.0488. The lowest BCUT2D eigenvalue weighted by atomic mass is 10.2. The molecular weight excluding hydrogens is 232 g/mol. The van der Waals surface area contributed by atoms with E-state index in [4.69, 9.17) is 4.74 Å². The van der Waals surface area contributed by atoms with Crippen LogP contribution in [0.2, 0.25) is 0 Å². The Labute approximate surface area is 108 Å². The van der Waals surface area contributed by atoms with Crippen LogP contribution in [0.4, 0.5) is 0 Å². The highest BCUT2D eigenvalue weighted by atomic mass is 16.5. The SMILES string of the molecule is CC(=O)N(CC(=O)N1CCOC2(CC2)C1)C(C)C. The summed E-state index contributed by atoms with van der Waals surface area (Å²) < 4.78 is 5.68. The molecule has 2 fully saturated rings. The molecule has 0 radical (unpaired) electrons. The van der Waals surface area contributed by atoms with Crippen molar-refractivity contribution < 1.29 is 14.3 Å². The van der Waals surface area contributed by atoms with Gasteiger partial charge in [-0.2, -0.15) is 0 Å². The number of ether oxygens (including phenoxy) is 1. The number of rotatable bonds is 3. The number of hydrogen-bond donors (Lipinski definition) is 0. The molecular formula is C13H22N2O3. The van der Waals surface area contributed by atoms with Crippen molar-refractivity contribution in [2.75, 3.05) is 26.2 Å². The Hall–Kier alpha value is -1.10. The number of carbonyl (C=O) groups is 2. The number of nitrogens with zero attached hydrogens (tertiary/aromatic N) is 2. The summed E-state index contributed by atoms with van der Waals surface area (Å²) in [6.07, 6.45) is 2.11. The molecule has 102 valence electrons. The van der Waals surface area contributed by atoms with Crippen molar-refractivity contribution in [3.05, 3.63) is 0 Å². The zero-order chi connectivity index (χ0) is 13.3. The fourth-order valence-electron chi connectivity index (χ4n) is 2.40. The van der Waals surface area contributed by atoms with E-state index in [1.54, 1.807) is 4.90 Å². The molecule has 18 heavy (non-hydrogen) atoms. The van der Waals surface area contributed by atoms with E-state index in [1.807, 2.05) is 18.7 Å². The lowest BCUT2D eigenvalue weighted by molar-refractivity contribution is -0.146. The van der Waals surface area contributed by atoms with Gasteiger partial charge in [0, 0.05) is 26.1 Å². The Morgan fingerprint density at radius 3 is 2.56 bits per heavy atom. The monoisotopic (exact) mass is 254 g/mol. The second kappa shape index (κ2) is 4.88. The maximum Gasteiger partial charge on any atom is 0.242 e. The lowest BCUT2D eigenvalue weighted by Gasteiger charge is -2.35. The van der Waals surface area contributed by atoms with Crippen LogP contribution in [0.15, 0.2) is 0 Å². The molecule has 1 heterocycles. The highest BCUT2D eigenvalue weighted by Gasteiger charge is 2.48. The summed E-state index contributed by atoms with van der Waals surface area (Å²) in [7, 11) is 0. The number of morpholine rings is 1. The molecule has 2 aliphatic rings. The summed E-state index contributed by atoms with van der Waals surface area (Å²) >= 11 is 0. The van der Waals surface area contributed by atoms with E-state index in [0.717, 1.165) is 12.8 Å². The van der Waals surface area contributed by atoms with E-state index in [9.17, 15) is 9.59 Å². The second-order valence-corrected chi connectivity index (χ2v) is 5.59. The van der Waals surface area contributed by atoms with Gasteiger partial charge in [-0.05, 0) is 26.7 Å². The predicted octanol–water partition coefficient (Wildman–Crippen LogP) is 0.635. The van der Waals surface area contributed by atoms with Crippen molar-refractivity contribution in [3.63, 3.8) is 0 Å². The third kappa shape index (κ3) is 2.83. The minimum absolute atomic E-state index is 0.0356. The molecule has 0 N–H and O–H groups in total. The minimum Gasteiger partial charge on any atom is -0.371 e. The molecule has 1 saturated heterocycles. The summed E-state index contributed by atoms with van der Waals surface area (Å²) in [5.74, 6) is -0.0128. The Morgan fingerprint density at radius 1 is 1.39 bits per heavy atom. The lowest BCUT2D eigenvalue weighted by Crippen LogP contribution is -2.51. The van der Waals surface area contributed by atoms with E-state index in [-0.39, 0.29) is 30.0 Å². The third-order valence-electron chi connectivity index (χ3n) is 3.74. The molecule has 0 unspecified atom stereocenters. The maximum absolute atomic E-state index is 12.2. The minimum atomic E-state index is -0.0488. The summed E-state index contributed by atoms with van der Waals surface area (Å²) in [6.45, 7) is 7.50. The van der Waals surface area contributed by atoms with Crippen LogP contribution in [0.3, 0.4) is 0 Å². The molecule has 0 bridgehead atoms. The van der Waals surface area contributed by atoms with Gasteiger partial charge in [-0.15, -0.1) is 0 Å². The molecule has 0 aromatic rings. The van der Waals surface area contributed by atoms with Gasteiger partial charge in [-0.25, -0.2) is 0 Å². The number of hydrogen-bond acceptors (Lipinski definition) is 3. The smallest absolute Gasteiger partial charge is 0.242 e. The van der Waals surface area contributed by atoms with Gasteiger partial charge in [0.2, 0.25) is 11.8 Å². The van der Waals surface area contributed by atoms with Gasteiger partial charge in [-0.1, -0.05) is 0 Å². The molecule has 2 amide bonds. The zero-order valence-electron chi connectivity index (χ0n) is 11.4. The number of amides is 2. The molecule has 1 spiro atoms. The van der Waals surface area contributed by atoms with Crippen LogP contribution in [-0.2, 0) is 14.3 Å². The van der Waals surface area contributed by atoms with Gasteiger partial charge < -0.3 is 14.5 Å². The van der Waals surface area contributed by atoms with Gasteiger partial charge >= 0.3 is 0 Å². The van der Waals surface area contributed by atoms with Crippen molar-refractivity contribution in [3.8, 4) is 0 Å². The fourth-order valence-corrected chi connectivity index (χ4v) is 2.40. The van der Waals surface area contributed by atoms with E-state index >= 15 is 0 Å². The Bertz CT molecular complexity index is 350. The highest BCUT2D eigenvalue weighted by molar-refractivity contribution is 5.84. The standard InChI is InChI=1S/C13H22N2O3/c1-10(2)15(11(3)16)8-12(17)14-6-7-18-13(9-14)4-5-13/h10H,4-9H2,1-3H3. The molecule has 1 aliphatic carbocycles. The topological polar surface area (TPSA) is 49.9 Å². The zero-order valence-corrected chi connectivity index (χ0v) is 11.4. The van der Waals surface area contributed by atoms with Crippen LogP contribution in [0, 0.1) is 0 Å². The number of carbonyl (C=O) groups excluding carboxylic acids is 2. The summed E-state index contributed by atoms with van der Waals surface area (Å²) in [5, 5.41) is 0. The Morgan fingerprint density at radius 2 is 2.06 bits per heavy atom. The van der Waals surface area contributed by atoms with Gasteiger partial charge in [0.05, 0.1) is 18.8 Å². The van der Waals surface area contributed by atoms with Crippen LogP contribution in [0.25, 0.3) is 0 Å². The van der Waals surface area contributed by atoms with Crippen LogP contribution in [-0.4, -0.2) is 59.5 Å². The summed E-state index contributed by atoms with van der Waals surface area (Å²) in [6, 6.07) is 0.0578. The van der Waals surface area contributed by atoms with Crippen molar-refractivity contribution >= 4 is 11.8 Å². The Balaban J connectivity index is 1.92. The molecule has 2 rings (SSSR count). The van der Waals surface area contributed by atoms with E-state index in [0.29, 0.717) is 19.7 Å². The Kier molecular flexibility index (Phi) is 3.61. The van der Waals surface area contributed by atoms with Crippen molar-refractivity contribution in [1.82, 2.24) is 9.80 Å². The van der Waals surface area contributed by atoms with E-state index in [2.05, 4.69) is 0 Å². The molecule has 0 aromatic heterocycles. The fraction of sp³-hybridized carbons (Fsp3) is 0.846. The van der Waals surface area contributed by atoms with Gasteiger partial charge in [0.15, 0.2) is 0 Å². The van der Waals surface area contributed by atoms with Crippen LogP contribution < -0.4 is 0 Å². The predicted molar refractivity (Wildman–Crippen MR) is 67.0 cm³/mol. The first-order chi connectivity index (χ1) is 8.43. The van der Waals surface area contributed by atoms with Crippen molar-refractivity contribution in [2.24, 2.45) is 0 Å². The van der Waals surface area contributed by atoms with Crippen molar-refractivity contribution in [2.45, 2.75) is 45.3 Å². The van der Waals surface area contributed by atoms with Gasteiger partial charge in [0.25, 0.3) is 0 Å². The van der Waals surface area contributed by atoms with E-state index in [1.165, 1.54) is 6.92 Å². The molecule has 1 aliphatic heterocycles. The molecule has 1 saturated carbocycles.